The molecule has 1 atom stereocenters. The van der Waals surface area contributed by atoms with E-state index in [1.54, 1.807) is 25.3 Å². The predicted octanol–water partition coefficient (Wildman–Crippen LogP) is 1.74. The maximum atomic E-state index is 8.67. The molecule has 6 heteroatoms. The third kappa shape index (κ3) is 3.54. The van der Waals surface area contributed by atoms with E-state index in [0.29, 0.717) is 23.7 Å². The Morgan fingerprint density at radius 2 is 2.30 bits per heavy atom. The summed E-state index contributed by atoms with van der Waals surface area (Å²) in [6, 6.07) is 5.13. The zero-order chi connectivity index (χ0) is 14.4. The molecular weight excluding hydrogens is 260 g/mol. The minimum absolute atomic E-state index is 0.0328. The molecule has 0 aliphatic carbocycles. The lowest BCUT2D eigenvalue weighted by atomic mass is 10.1. The van der Waals surface area contributed by atoms with Crippen molar-refractivity contribution in [1.82, 2.24) is 0 Å². The van der Waals surface area contributed by atoms with Crippen molar-refractivity contribution >= 4 is 5.84 Å². The molecule has 0 radical (unpaired) electrons. The van der Waals surface area contributed by atoms with Gasteiger partial charge in [-0.15, -0.1) is 0 Å². The number of hydrogen-bond acceptors (Lipinski definition) is 5. The summed E-state index contributed by atoms with van der Waals surface area (Å²) >= 11 is 0. The Morgan fingerprint density at radius 1 is 1.45 bits per heavy atom. The highest BCUT2D eigenvalue weighted by Crippen LogP contribution is 2.28. The van der Waals surface area contributed by atoms with Crippen molar-refractivity contribution in [2.45, 2.75) is 25.4 Å². The average Bonchev–Trinajstić information content (AvgIpc) is 2.53. The van der Waals surface area contributed by atoms with Gasteiger partial charge in [0.2, 0.25) is 0 Å². The van der Waals surface area contributed by atoms with Crippen LogP contribution in [0.5, 0.6) is 11.5 Å². The minimum atomic E-state index is 0.0328. The Labute approximate surface area is 118 Å². The van der Waals surface area contributed by atoms with E-state index in [-0.39, 0.29) is 11.9 Å². The van der Waals surface area contributed by atoms with Crippen LogP contribution in [0.15, 0.2) is 23.4 Å². The maximum absolute atomic E-state index is 8.67. The molecule has 0 saturated carbocycles. The third-order valence-electron chi connectivity index (χ3n) is 3.27. The number of methoxy groups -OCH3 is 1. The van der Waals surface area contributed by atoms with E-state index < -0.39 is 0 Å². The molecule has 1 unspecified atom stereocenters. The maximum Gasteiger partial charge on any atom is 0.170 e. The molecule has 1 fully saturated rings. The molecular formula is C14H20N2O4. The second kappa shape index (κ2) is 7.00. The van der Waals surface area contributed by atoms with Gasteiger partial charge in [-0.05, 0) is 37.5 Å². The SMILES string of the molecule is COc1cc(/C(N)=N/O)ccc1OCC1CCCCO1. The molecule has 1 aliphatic heterocycles. The molecule has 0 aromatic heterocycles. The molecule has 110 valence electrons. The van der Waals surface area contributed by atoms with E-state index in [4.69, 9.17) is 25.2 Å². The van der Waals surface area contributed by atoms with Gasteiger partial charge in [0.15, 0.2) is 17.3 Å². The van der Waals surface area contributed by atoms with Crippen LogP contribution in [0.4, 0.5) is 0 Å². The van der Waals surface area contributed by atoms with Gasteiger partial charge in [-0.3, -0.25) is 0 Å². The number of amidine groups is 1. The summed E-state index contributed by atoms with van der Waals surface area (Å²) in [5.74, 6) is 1.20. The Kier molecular flexibility index (Phi) is 5.06. The largest absolute Gasteiger partial charge is 0.493 e. The second-order valence-corrected chi connectivity index (χ2v) is 4.65. The van der Waals surface area contributed by atoms with Gasteiger partial charge in [-0.1, -0.05) is 5.16 Å². The number of rotatable bonds is 5. The van der Waals surface area contributed by atoms with Crippen LogP contribution in [0, 0.1) is 0 Å². The topological polar surface area (TPSA) is 86.3 Å². The number of hydrogen-bond donors (Lipinski definition) is 2. The van der Waals surface area contributed by atoms with E-state index in [0.717, 1.165) is 19.4 Å². The minimum Gasteiger partial charge on any atom is -0.493 e. The molecule has 1 aliphatic rings. The quantitative estimate of drug-likeness (QED) is 0.371. The van der Waals surface area contributed by atoms with Crippen LogP contribution in [0.1, 0.15) is 24.8 Å². The van der Waals surface area contributed by atoms with Gasteiger partial charge in [0.1, 0.15) is 6.61 Å². The summed E-state index contributed by atoms with van der Waals surface area (Å²) < 4.78 is 16.6. The summed E-state index contributed by atoms with van der Waals surface area (Å²) in [4.78, 5) is 0. The fraction of sp³-hybridized carbons (Fsp3) is 0.500. The third-order valence-corrected chi connectivity index (χ3v) is 3.27. The van der Waals surface area contributed by atoms with Crippen molar-refractivity contribution in [2.75, 3.05) is 20.3 Å². The lowest BCUT2D eigenvalue weighted by molar-refractivity contribution is -0.0114. The van der Waals surface area contributed by atoms with Crippen molar-refractivity contribution in [3.63, 3.8) is 0 Å². The van der Waals surface area contributed by atoms with Gasteiger partial charge >= 0.3 is 0 Å². The highest BCUT2D eigenvalue weighted by atomic mass is 16.5. The van der Waals surface area contributed by atoms with E-state index >= 15 is 0 Å². The van der Waals surface area contributed by atoms with Crippen LogP contribution in [0.25, 0.3) is 0 Å². The average molecular weight is 280 g/mol. The van der Waals surface area contributed by atoms with Gasteiger partial charge in [-0.2, -0.15) is 0 Å². The Morgan fingerprint density at radius 3 is 2.95 bits per heavy atom. The van der Waals surface area contributed by atoms with Gasteiger partial charge in [0.05, 0.1) is 13.2 Å². The van der Waals surface area contributed by atoms with Crippen molar-refractivity contribution in [2.24, 2.45) is 10.9 Å². The number of nitrogens with two attached hydrogens (primary N) is 1. The van der Waals surface area contributed by atoms with E-state index in [2.05, 4.69) is 5.16 Å². The Balaban J connectivity index is 2.03. The summed E-state index contributed by atoms with van der Waals surface area (Å²) in [5.41, 5.74) is 6.12. The molecule has 6 nitrogen and oxygen atoms in total. The van der Waals surface area contributed by atoms with Gasteiger partial charge in [-0.25, -0.2) is 0 Å². The van der Waals surface area contributed by atoms with Crippen LogP contribution >= 0.6 is 0 Å². The standard InChI is InChI=1S/C14H20N2O4/c1-18-13-8-10(14(15)16-17)5-6-12(13)20-9-11-4-2-3-7-19-11/h5-6,8,11,17H,2-4,7,9H2,1H3,(H2,15,16). The summed E-state index contributed by atoms with van der Waals surface area (Å²) in [6.45, 7) is 1.30. The first-order valence-electron chi connectivity index (χ1n) is 6.65. The zero-order valence-electron chi connectivity index (χ0n) is 11.5. The van der Waals surface area contributed by atoms with Crippen LogP contribution in [-0.2, 0) is 4.74 Å². The summed E-state index contributed by atoms with van der Waals surface area (Å²) in [5, 5.41) is 11.6. The normalized spacial score (nSPS) is 19.6. The fourth-order valence-corrected chi connectivity index (χ4v) is 2.13. The second-order valence-electron chi connectivity index (χ2n) is 4.65. The molecule has 20 heavy (non-hydrogen) atoms. The molecule has 1 aromatic carbocycles. The van der Waals surface area contributed by atoms with Crippen LogP contribution in [0.3, 0.4) is 0 Å². The summed E-state index contributed by atoms with van der Waals surface area (Å²) in [6.07, 6.45) is 3.45. The predicted molar refractivity (Wildman–Crippen MR) is 74.6 cm³/mol. The van der Waals surface area contributed by atoms with Crippen LogP contribution in [0.2, 0.25) is 0 Å². The number of benzene rings is 1. The summed E-state index contributed by atoms with van der Waals surface area (Å²) in [7, 11) is 1.55. The molecule has 1 aromatic rings. The number of oxime groups is 1. The molecule has 3 N–H and O–H groups in total. The first kappa shape index (κ1) is 14.5. The molecule has 0 bridgehead atoms. The zero-order valence-corrected chi connectivity index (χ0v) is 11.5. The van der Waals surface area contributed by atoms with Gasteiger partial charge in [0, 0.05) is 12.2 Å². The lowest BCUT2D eigenvalue weighted by Crippen LogP contribution is -2.25. The Bertz CT molecular complexity index is 470. The van der Waals surface area contributed by atoms with Crippen LogP contribution < -0.4 is 15.2 Å². The highest BCUT2D eigenvalue weighted by Gasteiger charge is 2.16. The fourth-order valence-electron chi connectivity index (χ4n) is 2.13. The van der Waals surface area contributed by atoms with Gasteiger partial charge in [0.25, 0.3) is 0 Å². The molecule has 0 amide bonds. The highest BCUT2D eigenvalue weighted by molar-refractivity contribution is 5.97. The Hall–Kier alpha value is -1.95. The molecule has 0 spiro atoms. The van der Waals surface area contributed by atoms with Crippen LogP contribution in [-0.4, -0.2) is 37.5 Å². The van der Waals surface area contributed by atoms with Gasteiger partial charge < -0.3 is 25.2 Å². The van der Waals surface area contributed by atoms with Crippen molar-refractivity contribution in [1.29, 1.82) is 0 Å². The first-order valence-corrected chi connectivity index (χ1v) is 6.65. The van der Waals surface area contributed by atoms with E-state index in [1.165, 1.54) is 6.42 Å². The number of ether oxygens (including phenoxy) is 3. The van der Waals surface area contributed by atoms with Crippen molar-refractivity contribution < 1.29 is 19.4 Å². The lowest BCUT2D eigenvalue weighted by Gasteiger charge is -2.23. The molecule has 2 rings (SSSR count). The monoisotopic (exact) mass is 280 g/mol. The van der Waals surface area contributed by atoms with Crippen molar-refractivity contribution in [3.8, 4) is 11.5 Å². The first-order chi connectivity index (χ1) is 9.74. The number of nitrogens with zero attached hydrogens (tertiary/aromatic N) is 1. The smallest absolute Gasteiger partial charge is 0.170 e. The van der Waals surface area contributed by atoms with E-state index in [1.807, 2.05) is 0 Å². The molecule has 1 saturated heterocycles. The van der Waals surface area contributed by atoms with E-state index in [9.17, 15) is 0 Å². The van der Waals surface area contributed by atoms with Crippen molar-refractivity contribution in [3.05, 3.63) is 23.8 Å². The molecule has 1 heterocycles.